The first-order chi connectivity index (χ1) is 8.41. The number of benzene rings is 1. The molecule has 0 atom stereocenters. The maximum Gasteiger partial charge on any atom is 0.311 e. The van der Waals surface area contributed by atoms with E-state index in [0.29, 0.717) is 12.1 Å². The minimum absolute atomic E-state index is 0.0460. The highest BCUT2D eigenvalue weighted by molar-refractivity contribution is 5.72. The fourth-order valence-corrected chi connectivity index (χ4v) is 1.64. The maximum absolute atomic E-state index is 10.9. The Morgan fingerprint density at radius 2 is 2.11 bits per heavy atom. The lowest BCUT2D eigenvalue weighted by atomic mass is 10.1. The van der Waals surface area contributed by atoms with E-state index in [1.165, 1.54) is 13.0 Å². The lowest BCUT2D eigenvalue weighted by molar-refractivity contribution is -0.386. The number of carbonyl (C=O) groups is 1. The van der Waals surface area contributed by atoms with Crippen molar-refractivity contribution in [2.75, 3.05) is 13.2 Å². The molecule has 0 aromatic heterocycles. The number of nitro groups is 1. The highest BCUT2D eigenvalue weighted by Crippen LogP contribution is 2.31. The Hall–Kier alpha value is -2.11. The molecule has 0 heterocycles. The van der Waals surface area contributed by atoms with Gasteiger partial charge in [-0.1, -0.05) is 6.07 Å². The van der Waals surface area contributed by atoms with Gasteiger partial charge in [0, 0.05) is 13.0 Å². The normalized spacial score (nSPS) is 9.94. The number of carbonyl (C=O) groups excluding carboxylic acids is 1. The summed E-state index contributed by atoms with van der Waals surface area (Å²) in [5, 5.41) is 13.5. The molecule has 0 aliphatic rings. The van der Waals surface area contributed by atoms with Crippen molar-refractivity contribution < 1.29 is 14.5 Å². The molecule has 0 aliphatic heterocycles. The second-order valence-corrected chi connectivity index (χ2v) is 4.02. The van der Waals surface area contributed by atoms with Crippen molar-refractivity contribution in [2.45, 2.75) is 20.8 Å². The summed E-state index contributed by atoms with van der Waals surface area (Å²) in [7, 11) is 0. The Bertz CT molecular complexity index is 471. The zero-order chi connectivity index (χ0) is 13.7. The van der Waals surface area contributed by atoms with E-state index < -0.39 is 4.92 Å². The Balaban J connectivity index is 2.80. The largest absolute Gasteiger partial charge is 0.485 e. The van der Waals surface area contributed by atoms with Crippen LogP contribution in [0.15, 0.2) is 12.1 Å². The number of ether oxygens (including phenoxy) is 1. The van der Waals surface area contributed by atoms with Gasteiger partial charge in [-0.05, 0) is 25.0 Å². The first-order valence-electron chi connectivity index (χ1n) is 5.54. The number of nitrogens with zero attached hydrogens (tertiary/aromatic N) is 1. The minimum Gasteiger partial charge on any atom is -0.485 e. The molecule has 0 bridgehead atoms. The van der Waals surface area contributed by atoms with Crippen LogP contribution in [0.3, 0.4) is 0 Å². The quantitative estimate of drug-likeness (QED) is 0.491. The zero-order valence-electron chi connectivity index (χ0n) is 10.6. The van der Waals surface area contributed by atoms with E-state index in [1.807, 2.05) is 6.07 Å². The van der Waals surface area contributed by atoms with Crippen molar-refractivity contribution in [3.8, 4) is 5.75 Å². The van der Waals surface area contributed by atoms with Crippen molar-refractivity contribution in [2.24, 2.45) is 0 Å². The van der Waals surface area contributed by atoms with Gasteiger partial charge in [0.1, 0.15) is 6.61 Å². The number of hydrogen-bond donors (Lipinski definition) is 1. The molecule has 0 radical (unpaired) electrons. The van der Waals surface area contributed by atoms with Gasteiger partial charge in [0.25, 0.3) is 0 Å². The van der Waals surface area contributed by atoms with Crippen LogP contribution in [0.1, 0.15) is 18.1 Å². The van der Waals surface area contributed by atoms with Gasteiger partial charge in [-0.15, -0.1) is 0 Å². The monoisotopic (exact) mass is 252 g/mol. The van der Waals surface area contributed by atoms with Gasteiger partial charge >= 0.3 is 5.69 Å². The third-order valence-electron chi connectivity index (χ3n) is 2.32. The molecule has 0 unspecified atom stereocenters. The predicted octanol–water partition coefficient (Wildman–Crippen LogP) is 1.73. The van der Waals surface area contributed by atoms with Gasteiger partial charge in [0.2, 0.25) is 5.91 Å². The van der Waals surface area contributed by atoms with Crippen LogP contribution in [0.2, 0.25) is 0 Å². The third kappa shape index (κ3) is 3.73. The predicted molar refractivity (Wildman–Crippen MR) is 66.7 cm³/mol. The fraction of sp³-hybridized carbons (Fsp3) is 0.417. The van der Waals surface area contributed by atoms with Crippen LogP contribution in [-0.2, 0) is 4.79 Å². The Morgan fingerprint density at radius 1 is 1.44 bits per heavy atom. The maximum atomic E-state index is 10.9. The lowest BCUT2D eigenvalue weighted by Crippen LogP contribution is -2.25. The van der Waals surface area contributed by atoms with Gasteiger partial charge in [0.05, 0.1) is 11.5 Å². The molecular weight excluding hydrogens is 236 g/mol. The highest BCUT2D eigenvalue weighted by atomic mass is 16.6. The van der Waals surface area contributed by atoms with Crippen molar-refractivity contribution in [3.63, 3.8) is 0 Å². The summed E-state index contributed by atoms with van der Waals surface area (Å²) in [6, 6.07) is 3.29. The molecule has 0 aliphatic carbocycles. The minimum atomic E-state index is -0.465. The van der Waals surface area contributed by atoms with Gasteiger partial charge in [-0.25, -0.2) is 0 Å². The standard InChI is InChI=1S/C12H16N2O4/c1-8-6-9(2)12(11(7-8)14(16)17)18-5-4-13-10(3)15/h6-7H,4-5H2,1-3H3,(H,13,15). The van der Waals surface area contributed by atoms with E-state index in [-0.39, 0.29) is 24.0 Å². The van der Waals surface area contributed by atoms with Gasteiger partial charge in [-0.2, -0.15) is 0 Å². The average molecular weight is 252 g/mol. The van der Waals surface area contributed by atoms with Crippen LogP contribution < -0.4 is 10.1 Å². The van der Waals surface area contributed by atoms with Crippen molar-refractivity contribution in [1.29, 1.82) is 0 Å². The number of nitro benzene ring substituents is 1. The fourth-order valence-electron chi connectivity index (χ4n) is 1.64. The Labute approximate surface area is 105 Å². The molecule has 6 heteroatoms. The third-order valence-corrected chi connectivity index (χ3v) is 2.32. The van der Waals surface area contributed by atoms with Gasteiger partial charge in [0.15, 0.2) is 5.75 Å². The van der Waals surface area contributed by atoms with E-state index in [4.69, 9.17) is 4.74 Å². The second-order valence-electron chi connectivity index (χ2n) is 4.02. The molecule has 0 saturated carbocycles. The number of rotatable bonds is 5. The van der Waals surface area contributed by atoms with Crippen LogP contribution in [0.4, 0.5) is 5.69 Å². The summed E-state index contributed by atoms with van der Waals surface area (Å²) in [6.45, 7) is 5.47. The number of amides is 1. The number of aryl methyl sites for hydroxylation is 2. The molecule has 18 heavy (non-hydrogen) atoms. The zero-order valence-corrected chi connectivity index (χ0v) is 10.6. The van der Waals surface area contributed by atoms with Crippen LogP contribution >= 0.6 is 0 Å². The van der Waals surface area contributed by atoms with E-state index in [9.17, 15) is 14.9 Å². The molecule has 6 nitrogen and oxygen atoms in total. The highest BCUT2D eigenvalue weighted by Gasteiger charge is 2.18. The summed E-state index contributed by atoms with van der Waals surface area (Å²) in [5.41, 5.74) is 1.48. The molecule has 1 N–H and O–H groups in total. The molecular formula is C12H16N2O4. The summed E-state index contributed by atoms with van der Waals surface area (Å²) in [6.07, 6.45) is 0. The van der Waals surface area contributed by atoms with E-state index in [2.05, 4.69) is 5.32 Å². The first-order valence-corrected chi connectivity index (χ1v) is 5.54. The van der Waals surface area contributed by atoms with Gasteiger partial charge in [-0.3, -0.25) is 14.9 Å². The van der Waals surface area contributed by atoms with Crippen molar-refractivity contribution >= 4 is 11.6 Å². The summed E-state index contributed by atoms with van der Waals surface area (Å²) < 4.78 is 5.38. The van der Waals surface area contributed by atoms with Crippen LogP contribution in [-0.4, -0.2) is 24.0 Å². The summed E-state index contributed by atoms with van der Waals surface area (Å²) in [4.78, 5) is 21.1. The van der Waals surface area contributed by atoms with Gasteiger partial charge < -0.3 is 10.1 Å². The molecule has 1 rings (SSSR count). The molecule has 98 valence electrons. The number of nitrogens with one attached hydrogen (secondary N) is 1. The molecule has 0 saturated heterocycles. The second kappa shape index (κ2) is 6.00. The smallest absolute Gasteiger partial charge is 0.311 e. The molecule has 0 fully saturated rings. The van der Waals surface area contributed by atoms with E-state index in [0.717, 1.165) is 5.56 Å². The molecule has 0 spiro atoms. The van der Waals surface area contributed by atoms with E-state index in [1.54, 1.807) is 13.8 Å². The van der Waals surface area contributed by atoms with Crippen molar-refractivity contribution in [3.05, 3.63) is 33.4 Å². The topological polar surface area (TPSA) is 81.5 Å². The molecule has 1 aromatic carbocycles. The lowest BCUT2D eigenvalue weighted by Gasteiger charge is -2.10. The number of hydrogen-bond acceptors (Lipinski definition) is 4. The molecule has 1 amide bonds. The summed E-state index contributed by atoms with van der Waals surface area (Å²) >= 11 is 0. The SMILES string of the molecule is CC(=O)NCCOc1c(C)cc(C)cc1[N+](=O)[O-]. The van der Waals surface area contributed by atoms with Crippen LogP contribution in [0, 0.1) is 24.0 Å². The Kier molecular flexibility index (Phi) is 4.65. The average Bonchev–Trinajstić information content (AvgIpc) is 2.25. The van der Waals surface area contributed by atoms with Crippen LogP contribution in [0.25, 0.3) is 0 Å². The van der Waals surface area contributed by atoms with Crippen LogP contribution in [0.5, 0.6) is 5.75 Å². The van der Waals surface area contributed by atoms with E-state index >= 15 is 0 Å². The van der Waals surface area contributed by atoms with Crippen molar-refractivity contribution in [1.82, 2.24) is 5.32 Å². The summed E-state index contributed by atoms with van der Waals surface area (Å²) in [5.74, 6) is 0.102. The first kappa shape index (κ1) is 14.0. The molecule has 1 aromatic rings. The Morgan fingerprint density at radius 3 is 2.67 bits per heavy atom.